The van der Waals surface area contributed by atoms with Crippen LogP contribution in [0.3, 0.4) is 0 Å². The first-order valence-electron chi connectivity index (χ1n) is 3.30. The van der Waals surface area contributed by atoms with Crippen LogP contribution >= 0.6 is 0 Å². The first kappa shape index (κ1) is 7.09. The lowest BCUT2D eigenvalue weighted by Crippen LogP contribution is -2.72. The Bertz CT molecular complexity index is 191. The van der Waals surface area contributed by atoms with E-state index in [1.54, 1.807) is 7.11 Å². The summed E-state index contributed by atoms with van der Waals surface area (Å²) < 4.78 is 5.04. The van der Waals surface area contributed by atoms with Crippen LogP contribution in [0.4, 0.5) is 5.69 Å². The van der Waals surface area contributed by atoms with Gasteiger partial charge in [0, 0.05) is 6.07 Å². The molecule has 0 aromatic heterocycles. The Hall–Kier alpha value is -1.02. The Morgan fingerprint density at radius 3 is 2.80 bits per heavy atom. The van der Waals surface area contributed by atoms with Crippen molar-refractivity contribution < 1.29 is 10.1 Å². The molecular weight excluding hydrogens is 126 g/mol. The second-order valence-electron chi connectivity index (χ2n) is 2.07. The number of methoxy groups -OCH3 is 1. The molecule has 0 amide bonds. The van der Waals surface area contributed by atoms with E-state index in [1.165, 1.54) is 5.69 Å². The molecule has 2 nitrogen and oxygen atoms in total. The summed E-state index contributed by atoms with van der Waals surface area (Å²) in [6.45, 7) is 0. The van der Waals surface area contributed by atoms with Gasteiger partial charge in [0.25, 0.3) is 0 Å². The highest BCUT2D eigenvalue weighted by atomic mass is 16.5. The van der Waals surface area contributed by atoms with Gasteiger partial charge in [0.1, 0.15) is 11.4 Å². The molecule has 0 radical (unpaired) electrons. The van der Waals surface area contributed by atoms with Gasteiger partial charge in [0.2, 0.25) is 0 Å². The Morgan fingerprint density at radius 2 is 2.20 bits per heavy atom. The van der Waals surface area contributed by atoms with Gasteiger partial charge in [-0.05, 0) is 12.1 Å². The van der Waals surface area contributed by atoms with Crippen LogP contribution in [0.25, 0.3) is 0 Å². The standard InChI is InChI=1S/C8H11NO/c1-9-7-4-3-5-8(6-7)10-2/h3-6,9H,1-2H3/p+1. The molecule has 1 aromatic rings. The molecule has 0 aliphatic heterocycles. The van der Waals surface area contributed by atoms with Gasteiger partial charge in [-0.15, -0.1) is 0 Å². The lowest BCUT2D eigenvalue weighted by Gasteiger charge is -1.98. The van der Waals surface area contributed by atoms with Crippen LogP contribution in [0, 0.1) is 0 Å². The third-order valence-electron chi connectivity index (χ3n) is 1.43. The minimum absolute atomic E-state index is 0.913. The monoisotopic (exact) mass is 138 g/mol. The molecule has 0 saturated heterocycles. The molecule has 2 heteroatoms. The number of hydrogen-bond donors (Lipinski definition) is 1. The summed E-state index contributed by atoms with van der Waals surface area (Å²) in [5, 5.41) is 2.04. The summed E-state index contributed by atoms with van der Waals surface area (Å²) in [7, 11) is 3.68. The van der Waals surface area contributed by atoms with Crippen molar-refractivity contribution in [3.05, 3.63) is 24.3 Å². The van der Waals surface area contributed by atoms with E-state index < -0.39 is 0 Å². The summed E-state index contributed by atoms with van der Waals surface area (Å²) in [6.07, 6.45) is 0. The molecule has 0 spiro atoms. The highest BCUT2D eigenvalue weighted by Crippen LogP contribution is 2.11. The average Bonchev–Trinajstić information content (AvgIpc) is 2.05. The third-order valence-corrected chi connectivity index (χ3v) is 1.43. The van der Waals surface area contributed by atoms with Gasteiger partial charge < -0.3 is 10.1 Å². The molecule has 2 N–H and O–H groups in total. The number of benzene rings is 1. The summed E-state index contributed by atoms with van der Waals surface area (Å²) >= 11 is 0. The van der Waals surface area contributed by atoms with Gasteiger partial charge >= 0.3 is 0 Å². The quantitative estimate of drug-likeness (QED) is 0.592. The Morgan fingerprint density at radius 1 is 1.40 bits per heavy atom. The SMILES string of the molecule is C[NH2+]c1cccc(OC)c1. The number of ether oxygens (including phenoxy) is 1. The summed E-state index contributed by atoms with van der Waals surface area (Å²) in [4.78, 5) is 0. The van der Waals surface area contributed by atoms with Crippen molar-refractivity contribution in [3.63, 3.8) is 0 Å². The number of nitrogens with two attached hydrogens (primary N) is 1. The Kier molecular flexibility index (Phi) is 2.29. The fraction of sp³-hybridized carbons (Fsp3) is 0.250. The molecule has 0 saturated carbocycles. The maximum absolute atomic E-state index is 5.04. The van der Waals surface area contributed by atoms with E-state index in [2.05, 4.69) is 0 Å². The maximum Gasteiger partial charge on any atom is 0.133 e. The number of quaternary nitrogens is 1. The summed E-state index contributed by atoms with van der Waals surface area (Å²) in [5.41, 5.74) is 1.19. The van der Waals surface area contributed by atoms with Crippen LogP contribution in [0.2, 0.25) is 0 Å². The minimum atomic E-state index is 0.913. The smallest absolute Gasteiger partial charge is 0.133 e. The van der Waals surface area contributed by atoms with Crippen LogP contribution in [0.1, 0.15) is 0 Å². The minimum Gasteiger partial charge on any atom is -0.497 e. The van der Waals surface area contributed by atoms with Gasteiger partial charge in [-0.3, -0.25) is 0 Å². The van der Waals surface area contributed by atoms with Crippen LogP contribution in [-0.4, -0.2) is 14.2 Å². The van der Waals surface area contributed by atoms with Crippen LogP contribution < -0.4 is 10.1 Å². The van der Waals surface area contributed by atoms with Crippen molar-refractivity contribution in [2.24, 2.45) is 0 Å². The predicted molar refractivity (Wildman–Crippen MR) is 40.5 cm³/mol. The van der Waals surface area contributed by atoms with Crippen LogP contribution in [-0.2, 0) is 0 Å². The summed E-state index contributed by atoms with van der Waals surface area (Å²) in [6, 6.07) is 7.96. The molecule has 0 heterocycles. The highest BCUT2D eigenvalue weighted by molar-refractivity contribution is 5.36. The Labute approximate surface area is 60.8 Å². The lowest BCUT2D eigenvalue weighted by molar-refractivity contribution is -0.539. The van der Waals surface area contributed by atoms with E-state index in [4.69, 9.17) is 4.74 Å². The number of rotatable bonds is 2. The van der Waals surface area contributed by atoms with E-state index >= 15 is 0 Å². The molecular formula is C8H12NO+. The van der Waals surface area contributed by atoms with E-state index in [1.807, 2.05) is 36.6 Å². The molecule has 0 fully saturated rings. The first-order valence-corrected chi connectivity index (χ1v) is 3.30. The van der Waals surface area contributed by atoms with Crippen LogP contribution in [0.15, 0.2) is 24.3 Å². The molecule has 0 bridgehead atoms. The molecule has 1 aromatic carbocycles. The van der Waals surface area contributed by atoms with Gasteiger partial charge in [-0.25, -0.2) is 0 Å². The largest absolute Gasteiger partial charge is 0.497 e. The zero-order chi connectivity index (χ0) is 7.40. The first-order chi connectivity index (χ1) is 4.86. The van der Waals surface area contributed by atoms with Crippen molar-refractivity contribution >= 4 is 5.69 Å². The van der Waals surface area contributed by atoms with Crippen molar-refractivity contribution in [3.8, 4) is 5.75 Å². The van der Waals surface area contributed by atoms with Crippen molar-refractivity contribution in [1.29, 1.82) is 0 Å². The molecule has 0 unspecified atom stereocenters. The zero-order valence-corrected chi connectivity index (χ0v) is 6.29. The normalized spacial score (nSPS) is 9.40. The van der Waals surface area contributed by atoms with E-state index in [-0.39, 0.29) is 0 Å². The number of hydrogen-bond acceptors (Lipinski definition) is 1. The average molecular weight is 138 g/mol. The molecule has 1 rings (SSSR count). The fourth-order valence-corrected chi connectivity index (χ4v) is 0.821. The molecule has 0 aliphatic carbocycles. The van der Waals surface area contributed by atoms with Gasteiger partial charge in [-0.1, -0.05) is 6.07 Å². The van der Waals surface area contributed by atoms with E-state index in [9.17, 15) is 0 Å². The third kappa shape index (κ3) is 1.48. The van der Waals surface area contributed by atoms with Crippen LogP contribution in [0.5, 0.6) is 5.75 Å². The van der Waals surface area contributed by atoms with Gasteiger partial charge in [0.15, 0.2) is 0 Å². The second kappa shape index (κ2) is 3.22. The predicted octanol–water partition coefficient (Wildman–Crippen LogP) is 0.520. The van der Waals surface area contributed by atoms with Crippen molar-refractivity contribution in [2.45, 2.75) is 0 Å². The molecule has 0 atom stereocenters. The highest BCUT2D eigenvalue weighted by Gasteiger charge is 1.93. The molecule has 54 valence electrons. The molecule has 0 aliphatic rings. The van der Waals surface area contributed by atoms with Gasteiger partial charge in [-0.2, -0.15) is 0 Å². The van der Waals surface area contributed by atoms with Crippen molar-refractivity contribution in [1.82, 2.24) is 0 Å². The zero-order valence-electron chi connectivity index (χ0n) is 6.29. The van der Waals surface area contributed by atoms with Gasteiger partial charge in [0.05, 0.1) is 14.2 Å². The topological polar surface area (TPSA) is 25.8 Å². The summed E-state index contributed by atoms with van der Waals surface area (Å²) in [5.74, 6) is 0.913. The maximum atomic E-state index is 5.04. The molecule has 10 heavy (non-hydrogen) atoms. The van der Waals surface area contributed by atoms with E-state index in [0.717, 1.165) is 5.75 Å². The van der Waals surface area contributed by atoms with Crippen molar-refractivity contribution in [2.75, 3.05) is 14.2 Å². The lowest BCUT2D eigenvalue weighted by atomic mass is 10.3. The fourth-order valence-electron chi connectivity index (χ4n) is 0.821. The van der Waals surface area contributed by atoms with E-state index in [0.29, 0.717) is 0 Å². The Balaban J connectivity index is 2.87. The second-order valence-corrected chi connectivity index (χ2v) is 2.07.